The maximum Gasteiger partial charge on any atom is 0.321 e. The Hall–Kier alpha value is -2.28. The highest BCUT2D eigenvalue weighted by Gasteiger charge is 2.25. The van der Waals surface area contributed by atoms with Crippen molar-refractivity contribution in [3.05, 3.63) is 30.3 Å². The van der Waals surface area contributed by atoms with E-state index < -0.39 is 0 Å². The van der Waals surface area contributed by atoms with Crippen LogP contribution in [0.1, 0.15) is 25.7 Å². The zero-order valence-electron chi connectivity index (χ0n) is 16.0. The van der Waals surface area contributed by atoms with Crippen LogP contribution in [0.5, 0.6) is 0 Å². The Kier molecular flexibility index (Phi) is 6.92. The van der Waals surface area contributed by atoms with Crippen LogP contribution in [0.25, 0.3) is 0 Å². The Morgan fingerprint density at radius 2 is 1.93 bits per heavy atom. The Labute approximate surface area is 161 Å². The first-order valence-corrected chi connectivity index (χ1v) is 9.83. The van der Waals surface area contributed by atoms with E-state index in [1.54, 1.807) is 4.90 Å². The molecule has 1 atom stereocenters. The van der Waals surface area contributed by atoms with Crippen molar-refractivity contribution >= 4 is 17.7 Å². The van der Waals surface area contributed by atoms with Crippen molar-refractivity contribution in [3.63, 3.8) is 0 Å². The molecule has 0 radical (unpaired) electrons. The Balaban J connectivity index is 1.35. The quantitative estimate of drug-likeness (QED) is 0.832. The van der Waals surface area contributed by atoms with E-state index in [0.717, 1.165) is 38.0 Å². The van der Waals surface area contributed by atoms with E-state index in [0.29, 0.717) is 32.1 Å². The van der Waals surface area contributed by atoms with Gasteiger partial charge in [0, 0.05) is 45.5 Å². The number of nitrogens with one attached hydrogen (secondary N) is 2. The van der Waals surface area contributed by atoms with Gasteiger partial charge in [-0.1, -0.05) is 18.2 Å². The summed E-state index contributed by atoms with van der Waals surface area (Å²) in [6, 6.07) is 9.40. The number of carbonyl (C=O) groups excluding carboxylic acids is 2. The van der Waals surface area contributed by atoms with Crippen LogP contribution >= 0.6 is 0 Å². The average molecular weight is 374 g/mol. The summed E-state index contributed by atoms with van der Waals surface area (Å²) in [4.78, 5) is 28.2. The molecule has 2 aliphatic heterocycles. The van der Waals surface area contributed by atoms with Crippen LogP contribution < -0.4 is 10.6 Å². The molecule has 2 aliphatic rings. The maximum atomic E-state index is 12.3. The number of carbonyl (C=O) groups is 2. The van der Waals surface area contributed by atoms with Crippen molar-refractivity contribution in [3.8, 4) is 0 Å². The van der Waals surface area contributed by atoms with Crippen molar-refractivity contribution in [1.82, 2.24) is 15.1 Å². The van der Waals surface area contributed by atoms with Crippen LogP contribution in [0.2, 0.25) is 0 Å². The van der Waals surface area contributed by atoms with Gasteiger partial charge in [-0.25, -0.2) is 9.59 Å². The summed E-state index contributed by atoms with van der Waals surface area (Å²) in [5.41, 5.74) is 0.812. The van der Waals surface area contributed by atoms with E-state index in [-0.39, 0.29) is 18.2 Å². The van der Waals surface area contributed by atoms with Crippen LogP contribution in [0.3, 0.4) is 0 Å². The fourth-order valence-corrected chi connectivity index (χ4v) is 3.65. The number of benzene rings is 1. The van der Waals surface area contributed by atoms with Gasteiger partial charge in [0.15, 0.2) is 0 Å². The van der Waals surface area contributed by atoms with Crippen molar-refractivity contribution in [2.75, 3.05) is 45.2 Å². The maximum absolute atomic E-state index is 12.3. The fraction of sp³-hybridized carbons (Fsp3) is 0.600. The van der Waals surface area contributed by atoms with E-state index in [1.165, 1.54) is 0 Å². The summed E-state index contributed by atoms with van der Waals surface area (Å²) in [5.74, 6) is 0.421. The lowest BCUT2D eigenvalue weighted by molar-refractivity contribution is 0.108. The molecule has 2 fully saturated rings. The molecule has 2 saturated heterocycles. The van der Waals surface area contributed by atoms with Crippen molar-refractivity contribution in [2.45, 2.75) is 31.8 Å². The summed E-state index contributed by atoms with van der Waals surface area (Å²) in [5, 5.41) is 5.89. The molecule has 0 bridgehead atoms. The smallest absolute Gasteiger partial charge is 0.321 e. The second kappa shape index (κ2) is 9.60. The lowest BCUT2D eigenvalue weighted by Crippen LogP contribution is -2.46. The largest absolute Gasteiger partial charge is 0.376 e. The molecule has 0 unspecified atom stereocenters. The summed E-state index contributed by atoms with van der Waals surface area (Å²) in [7, 11) is 1.83. The average Bonchev–Trinajstić information content (AvgIpc) is 3.21. The van der Waals surface area contributed by atoms with Gasteiger partial charge in [-0.05, 0) is 43.7 Å². The lowest BCUT2D eigenvalue weighted by Gasteiger charge is -2.34. The molecule has 2 heterocycles. The van der Waals surface area contributed by atoms with Gasteiger partial charge in [0.2, 0.25) is 0 Å². The molecule has 4 amide bonds. The number of urea groups is 2. The van der Waals surface area contributed by atoms with Crippen molar-refractivity contribution < 1.29 is 14.3 Å². The predicted octanol–water partition coefficient (Wildman–Crippen LogP) is 2.75. The summed E-state index contributed by atoms with van der Waals surface area (Å²) < 4.78 is 5.53. The number of hydrogen-bond acceptors (Lipinski definition) is 3. The van der Waals surface area contributed by atoms with Crippen LogP contribution in [0, 0.1) is 5.92 Å². The fourth-order valence-electron chi connectivity index (χ4n) is 3.65. The van der Waals surface area contributed by atoms with Gasteiger partial charge in [-0.2, -0.15) is 0 Å². The second-order valence-electron chi connectivity index (χ2n) is 7.43. The number of ether oxygens (including phenoxy) is 1. The molecule has 3 rings (SSSR count). The highest BCUT2D eigenvalue weighted by Crippen LogP contribution is 2.19. The minimum Gasteiger partial charge on any atom is -0.376 e. The van der Waals surface area contributed by atoms with Gasteiger partial charge in [0.05, 0.1) is 6.10 Å². The minimum absolute atomic E-state index is 0.0465. The molecule has 27 heavy (non-hydrogen) atoms. The number of para-hydroxylation sites is 1. The van der Waals surface area contributed by atoms with Gasteiger partial charge >= 0.3 is 12.1 Å². The van der Waals surface area contributed by atoms with E-state index in [9.17, 15) is 9.59 Å². The third kappa shape index (κ3) is 5.85. The molecule has 148 valence electrons. The first-order valence-electron chi connectivity index (χ1n) is 9.83. The molecule has 7 nitrogen and oxygen atoms in total. The van der Waals surface area contributed by atoms with Gasteiger partial charge in [0.25, 0.3) is 0 Å². The molecule has 0 aliphatic carbocycles. The topological polar surface area (TPSA) is 73.9 Å². The van der Waals surface area contributed by atoms with Crippen molar-refractivity contribution in [1.29, 1.82) is 0 Å². The number of likely N-dealkylation sites (tertiary alicyclic amines) is 1. The number of amides is 4. The van der Waals surface area contributed by atoms with Gasteiger partial charge < -0.3 is 25.2 Å². The third-order valence-corrected chi connectivity index (χ3v) is 5.31. The van der Waals surface area contributed by atoms with Gasteiger partial charge in [0.1, 0.15) is 0 Å². The van der Waals surface area contributed by atoms with Gasteiger partial charge in [-0.3, -0.25) is 0 Å². The molecule has 1 aromatic carbocycles. The highest BCUT2D eigenvalue weighted by atomic mass is 16.5. The number of hydrogen-bond donors (Lipinski definition) is 2. The second-order valence-corrected chi connectivity index (χ2v) is 7.43. The normalized spacial score (nSPS) is 20.3. The Bertz CT molecular complexity index is 611. The molecule has 0 spiro atoms. The molecule has 2 N–H and O–H groups in total. The zero-order chi connectivity index (χ0) is 19.1. The first-order chi connectivity index (χ1) is 13.1. The molecular formula is C20H30N4O3. The van der Waals surface area contributed by atoms with E-state index in [2.05, 4.69) is 10.6 Å². The predicted molar refractivity (Wildman–Crippen MR) is 105 cm³/mol. The van der Waals surface area contributed by atoms with Gasteiger partial charge in [-0.15, -0.1) is 0 Å². The summed E-state index contributed by atoms with van der Waals surface area (Å²) >= 11 is 0. The molecule has 1 aromatic rings. The standard InChI is InChI=1S/C20H30N4O3/c1-23(19(25)21-14-18-8-5-13-27-18)15-16-9-11-24(12-10-16)20(26)22-17-6-3-2-4-7-17/h2-4,6-7,16,18H,5,8-15H2,1H3,(H,21,25)(H,22,26)/t18-/m1/s1. The molecule has 7 heteroatoms. The summed E-state index contributed by atoms with van der Waals surface area (Å²) in [6.45, 7) is 3.53. The Morgan fingerprint density at radius 3 is 2.59 bits per heavy atom. The Morgan fingerprint density at radius 1 is 1.19 bits per heavy atom. The zero-order valence-corrected chi connectivity index (χ0v) is 16.0. The molecular weight excluding hydrogens is 344 g/mol. The first kappa shape index (κ1) is 19.5. The van der Waals surface area contributed by atoms with Crippen LogP contribution in [0.15, 0.2) is 30.3 Å². The molecule has 0 aromatic heterocycles. The molecule has 0 saturated carbocycles. The third-order valence-electron chi connectivity index (χ3n) is 5.31. The van der Waals surface area contributed by atoms with E-state index in [1.807, 2.05) is 42.3 Å². The highest BCUT2D eigenvalue weighted by molar-refractivity contribution is 5.89. The minimum atomic E-state index is -0.0534. The number of piperidine rings is 1. The van der Waals surface area contributed by atoms with E-state index >= 15 is 0 Å². The van der Waals surface area contributed by atoms with E-state index in [4.69, 9.17) is 4.74 Å². The number of anilines is 1. The SMILES string of the molecule is CN(CC1CCN(C(=O)Nc2ccccc2)CC1)C(=O)NC[C@H]1CCCO1. The van der Waals surface area contributed by atoms with Crippen LogP contribution in [-0.4, -0.2) is 67.8 Å². The monoisotopic (exact) mass is 374 g/mol. The number of rotatable bonds is 5. The van der Waals surface area contributed by atoms with Crippen LogP contribution in [-0.2, 0) is 4.74 Å². The lowest BCUT2D eigenvalue weighted by atomic mass is 9.96. The summed E-state index contributed by atoms with van der Waals surface area (Å²) in [6.07, 6.45) is 4.07. The number of nitrogens with zero attached hydrogens (tertiary/aromatic N) is 2. The van der Waals surface area contributed by atoms with Crippen molar-refractivity contribution in [2.24, 2.45) is 5.92 Å². The van der Waals surface area contributed by atoms with Crippen LogP contribution in [0.4, 0.5) is 15.3 Å².